The van der Waals surface area contributed by atoms with Crippen LogP contribution in [0.5, 0.6) is 11.6 Å². The van der Waals surface area contributed by atoms with Gasteiger partial charge in [-0.3, -0.25) is 10.2 Å². The van der Waals surface area contributed by atoms with Crippen LogP contribution in [0.2, 0.25) is 5.02 Å². The van der Waals surface area contributed by atoms with Crippen LogP contribution in [-0.4, -0.2) is 48.5 Å². The Bertz CT molecular complexity index is 1120. The molecule has 2 aromatic rings. The highest BCUT2D eigenvalue weighted by atomic mass is 35.5. The Morgan fingerprint density at radius 1 is 1.13 bits per heavy atom. The third kappa shape index (κ3) is 4.44. The number of hydrogen-bond acceptors (Lipinski definition) is 8. The number of nitrogens with one attached hydrogen (secondary N) is 2. The van der Waals surface area contributed by atoms with Crippen molar-refractivity contribution in [2.24, 2.45) is 0 Å². The summed E-state index contributed by atoms with van der Waals surface area (Å²) in [7, 11) is 0. The van der Waals surface area contributed by atoms with Crippen molar-refractivity contribution in [2.45, 2.75) is 0 Å². The summed E-state index contributed by atoms with van der Waals surface area (Å²) in [6.45, 7) is 0.856. The van der Waals surface area contributed by atoms with Crippen LogP contribution >= 0.6 is 11.6 Å². The van der Waals surface area contributed by atoms with E-state index in [1.807, 2.05) is 6.07 Å². The third-order valence-corrected chi connectivity index (χ3v) is 4.56. The molecule has 1 saturated heterocycles. The SMILES string of the molecule is N#Cc1ncc2nc1OC/C=C\COc1cc(N3CCOC3=O)c(Cl)cc1NC(=O)N2. The number of anilines is 3. The lowest BCUT2D eigenvalue weighted by molar-refractivity contribution is 0.181. The summed E-state index contributed by atoms with van der Waals surface area (Å²) in [4.78, 5) is 33.8. The van der Waals surface area contributed by atoms with Crippen LogP contribution in [0.1, 0.15) is 5.69 Å². The maximum Gasteiger partial charge on any atom is 0.414 e. The van der Waals surface area contributed by atoms with Gasteiger partial charge in [0.25, 0.3) is 5.88 Å². The summed E-state index contributed by atoms with van der Waals surface area (Å²) in [5.41, 5.74) is 0.677. The molecule has 0 atom stereocenters. The summed E-state index contributed by atoms with van der Waals surface area (Å²) < 4.78 is 16.2. The van der Waals surface area contributed by atoms with Gasteiger partial charge in [0, 0.05) is 6.07 Å². The first kappa shape index (κ1) is 20.2. The van der Waals surface area contributed by atoms with Gasteiger partial charge in [0.2, 0.25) is 5.69 Å². The molecule has 3 heterocycles. The van der Waals surface area contributed by atoms with Crippen molar-refractivity contribution >= 4 is 40.9 Å². The van der Waals surface area contributed by atoms with Crippen molar-refractivity contribution < 1.29 is 23.8 Å². The molecule has 11 nitrogen and oxygen atoms in total. The number of rotatable bonds is 1. The van der Waals surface area contributed by atoms with E-state index in [9.17, 15) is 9.59 Å². The van der Waals surface area contributed by atoms with E-state index in [1.54, 1.807) is 18.2 Å². The van der Waals surface area contributed by atoms with Crippen molar-refractivity contribution in [3.63, 3.8) is 0 Å². The number of carbonyl (C=O) groups is 2. The molecule has 4 rings (SSSR count). The summed E-state index contributed by atoms with van der Waals surface area (Å²) in [6.07, 6.45) is 4.10. The van der Waals surface area contributed by atoms with Crippen molar-refractivity contribution in [1.82, 2.24) is 9.97 Å². The van der Waals surface area contributed by atoms with Gasteiger partial charge in [0.1, 0.15) is 31.6 Å². The molecule has 158 valence electrons. The minimum Gasteiger partial charge on any atom is -0.487 e. The summed E-state index contributed by atoms with van der Waals surface area (Å²) >= 11 is 6.35. The number of aromatic nitrogens is 2. The van der Waals surface area contributed by atoms with Gasteiger partial charge >= 0.3 is 12.1 Å². The molecule has 0 radical (unpaired) electrons. The van der Waals surface area contributed by atoms with Gasteiger partial charge < -0.3 is 19.5 Å². The van der Waals surface area contributed by atoms with Gasteiger partial charge in [-0.2, -0.15) is 10.2 Å². The molecule has 0 aliphatic carbocycles. The van der Waals surface area contributed by atoms with Crippen LogP contribution in [0.15, 0.2) is 30.5 Å². The Morgan fingerprint density at radius 3 is 2.68 bits per heavy atom. The summed E-state index contributed by atoms with van der Waals surface area (Å²) in [6, 6.07) is 4.26. The molecule has 0 saturated carbocycles. The van der Waals surface area contributed by atoms with E-state index in [1.165, 1.54) is 17.2 Å². The lowest BCUT2D eigenvalue weighted by atomic mass is 10.2. The van der Waals surface area contributed by atoms with Crippen LogP contribution in [0, 0.1) is 11.3 Å². The van der Waals surface area contributed by atoms with Crippen LogP contribution < -0.4 is 25.0 Å². The lowest BCUT2D eigenvalue weighted by Gasteiger charge is -2.19. The van der Waals surface area contributed by atoms with E-state index in [4.69, 9.17) is 31.1 Å². The zero-order chi connectivity index (χ0) is 21.8. The molecule has 2 bridgehead atoms. The van der Waals surface area contributed by atoms with E-state index in [0.717, 1.165) is 0 Å². The smallest absolute Gasteiger partial charge is 0.414 e. The lowest BCUT2D eigenvalue weighted by Crippen LogP contribution is -2.24. The fourth-order valence-electron chi connectivity index (χ4n) is 2.86. The Labute approximate surface area is 181 Å². The first-order valence-corrected chi connectivity index (χ1v) is 9.46. The number of amides is 3. The van der Waals surface area contributed by atoms with Crippen LogP contribution in [-0.2, 0) is 4.74 Å². The van der Waals surface area contributed by atoms with Gasteiger partial charge in [-0.05, 0) is 18.2 Å². The molecule has 12 heteroatoms. The number of cyclic esters (lactones) is 1. The van der Waals surface area contributed by atoms with E-state index in [2.05, 4.69) is 20.6 Å². The predicted molar refractivity (Wildman–Crippen MR) is 110 cm³/mol. The number of hydrogen-bond donors (Lipinski definition) is 2. The molecule has 1 fully saturated rings. The molecule has 2 aliphatic heterocycles. The van der Waals surface area contributed by atoms with Crippen molar-refractivity contribution in [2.75, 3.05) is 41.9 Å². The Balaban J connectivity index is 1.66. The Hall–Kier alpha value is -4.04. The molecule has 2 N–H and O–H groups in total. The fraction of sp³-hybridized carbons (Fsp3) is 0.211. The van der Waals surface area contributed by atoms with Gasteiger partial charge in [-0.1, -0.05) is 11.6 Å². The molecular formula is C19H15ClN6O5. The first-order valence-electron chi connectivity index (χ1n) is 9.08. The molecule has 1 aromatic carbocycles. The number of urea groups is 1. The number of nitriles is 1. The molecular weight excluding hydrogens is 428 g/mol. The summed E-state index contributed by atoms with van der Waals surface area (Å²) in [5.74, 6) is 0.370. The van der Waals surface area contributed by atoms with Gasteiger partial charge in [0.15, 0.2) is 5.82 Å². The standard InChI is InChI=1S/C19H15ClN6O5/c20-11-7-12-15(8-14(11)26-3-6-31-19(26)28)29-4-1-2-5-30-17-13(9-21)22-10-16(24-17)25-18(27)23-12/h1-2,7-8,10H,3-6H2,(H2,23,24,25,27)/b2-1-. The quantitative estimate of drug-likeness (QED) is 0.642. The van der Waals surface area contributed by atoms with E-state index in [-0.39, 0.29) is 47.9 Å². The Kier molecular flexibility index (Phi) is 5.72. The number of nitrogens with zero attached hydrogens (tertiary/aromatic N) is 4. The van der Waals surface area contributed by atoms with Gasteiger partial charge in [-0.25, -0.2) is 14.6 Å². The highest BCUT2D eigenvalue weighted by molar-refractivity contribution is 6.34. The van der Waals surface area contributed by atoms with Crippen molar-refractivity contribution in [1.29, 1.82) is 5.26 Å². The number of ether oxygens (including phenoxy) is 3. The predicted octanol–water partition coefficient (Wildman–Crippen LogP) is 2.93. The monoisotopic (exact) mass is 442 g/mol. The average Bonchev–Trinajstić information content (AvgIpc) is 3.17. The van der Waals surface area contributed by atoms with Crippen LogP contribution in [0.3, 0.4) is 0 Å². The zero-order valence-corrected chi connectivity index (χ0v) is 16.7. The zero-order valence-electron chi connectivity index (χ0n) is 15.9. The number of benzene rings is 1. The fourth-order valence-corrected chi connectivity index (χ4v) is 3.13. The molecule has 0 spiro atoms. The van der Waals surface area contributed by atoms with E-state index >= 15 is 0 Å². The molecule has 3 amide bonds. The average molecular weight is 443 g/mol. The summed E-state index contributed by atoms with van der Waals surface area (Å²) in [5, 5.41) is 14.5. The molecule has 0 unspecified atom stereocenters. The van der Waals surface area contributed by atoms with Gasteiger partial charge in [0.05, 0.1) is 29.1 Å². The topological polar surface area (TPSA) is 139 Å². The van der Waals surface area contributed by atoms with Crippen molar-refractivity contribution in [3.8, 4) is 17.7 Å². The number of carbonyl (C=O) groups excluding carboxylic acids is 2. The molecule has 31 heavy (non-hydrogen) atoms. The normalized spacial score (nSPS) is 17.0. The highest BCUT2D eigenvalue weighted by Crippen LogP contribution is 2.38. The molecule has 1 aromatic heterocycles. The second-order valence-corrected chi connectivity index (χ2v) is 6.67. The van der Waals surface area contributed by atoms with Gasteiger partial charge in [-0.15, -0.1) is 0 Å². The maximum atomic E-state index is 12.5. The van der Waals surface area contributed by atoms with Crippen LogP contribution in [0.4, 0.5) is 26.8 Å². The minimum atomic E-state index is -0.646. The van der Waals surface area contributed by atoms with Crippen molar-refractivity contribution in [3.05, 3.63) is 41.2 Å². The second-order valence-electron chi connectivity index (χ2n) is 6.26. The van der Waals surface area contributed by atoms with Crippen LogP contribution in [0.25, 0.3) is 0 Å². The highest BCUT2D eigenvalue weighted by Gasteiger charge is 2.27. The minimum absolute atomic E-state index is 0.00601. The Morgan fingerprint density at radius 2 is 1.94 bits per heavy atom. The van der Waals surface area contributed by atoms with E-state index in [0.29, 0.717) is 18.0 Å². The van der Waals surface area contributed by atoms with E-state index < -0.39 is 12.1 Å². The second kappa shape index (κ2) is 8.76. The number of fused-ring (bicyclic) bond motifs is 3. The molecule has 2 aliphatic rings. The number of halogens is 1. The first-order chi connectivity index (χ1) is 15.0. The maximum absolute atomic E-state index is 12.5. The largest absolute Gasteiger partial charge is 0.487 e. The third-order valence-electron chi connectivity index (χ3n) is 4.25.